The lowest BCUT2D eigenvalue weighted by atomic mass is 9.49. The first-order chi connectivity index (χ1) is 15.5. The molecule has 8 unspecified atom stereocenters. The number of aliphatic hydroxyl groups is 1. The summed E-state index contributed by atoms with van der Waals surface area (Å²) in [6.07, 6.45) is 15.8. The summed E-state index contributed by atoms with van der Waals surface area (Å²) >= 11 is 0. The number of Topliss-reactive ketones (excluding diaryl/α,β-unsaturated/α-hetero) is 1. The number of carbonyl (C=O) groups excluding carboxylic acids is 1. The third kappa shape index (κ3) is 3.54. The van der Waals surface area contributed by atoms with Crippen LogP contribution in [0.2, 0.25) is 0 Å². The fraction of sp³-hybridized carbons (Fsp3) is 0.815. The molecule has 1 aromatic heterocycles. The van der Waals surface area contributed by atoms with E-state index in [2.05, 4.69) is 29.0 Å². The van der Waals surface area contributed by atoms with Gasteiger partial charge in [-0.05, 0) is 106 Å². The minimum absolute atomic E-state index is 0.142. The molecule has 0 spiro atoms. The molecular formula is C27H37N3O2. The number of ketones is 1. The van der Waals surface area contributed by atoms with Crippen molar-refractivity contribution in [3.63, 3.8) is 0 Å². The second-order valence-corrected chi connectivity index (χ2v) is 12.0. The van der Waals surface area contributed by atoms with Crippen molar-refractivity contribution in [1.29, 1.82) is 0 Å². The topological polar surface area (TPSA) is 68.0 Å². The molecule has 5 nitrogen and oxygen atoms in total. The first-order valence-corrected chi connectivity index (χ1v) is 13.1. The average molecular weight is 436 g/mol. The lowest BCUT2D eigenvalue weighted by molar-refractivity contribution is -0.132. The summed E-state index contributed by atoms with van der Waals surface area (Å²) in [5.74, 6) is 11.3. The molecule has 5 heteroatoms. The Bertz CT molecular complexity index is 928. The summed E-state index contributed by atoms with van der Waals surface area (Å²) in [4.78, 5) is 14.8. The molecule has 0 saturated heterocycles. The van der Waals surface area contributed by atoms with Gasteiger partial charge >= 0.3 is 0 Å². The van der Waals surface area contributed by atoms with Gasteiger partial charge in [-0.15, -0.1) is 0 Å². The molecule has 0 bridgehead atoms. The second-order valence-electron chi connectivity index (χ2n) is 12.0. The van der Waals surface area contributed by atoms with E-state index in [0.29, 0.717) is 30.1 Å². The molecule has 1 heterocycles. The molecule has 172 valence electrons. The summed E-state index contributed by atoms with van der Waals surface area (Å²) < 4.78 is 0. The van der Waals surface area contributed by atoms with Crippen LogP contribution in [0.5, 0.6) is 0 Å². The number of hydrogen-bond acceptors (Lipinski definition) is 4. The van der Waals surface area contributed by atoms with Crippen molar-refractivity contribution in [3.8, 4) is 11.8 Å². The number of rotatable bonds is 3. The zero-order valence-electron chi connectivity index (χ0n) is 19.4. The lowest BCUT2D eigenvalue weighted by Gasteiger charge is -2.56. The highest BCUT2D eigenvalue weighted by Crippen LogP contribution is 2.64. The van der Waals surface area contributed by atoms with Gasteiger partial charge in [-0.1, -0.05) is 18.8 Å². The van der Waals surface area contributed by atoms with E-state index in [4.69, 9.17) is 0 Å². The van der Waals surface area contributed by atoms with Crippen molar-refractivity contribution >= 4 is 5.78 Å². The van der Waals surface area contributed by atoms with Crippen LogP contribution in [0, 0.1) is 58.7 Å². The van der Waals surface area contributed by atoms with Crippen LogP contribution in [0.15, 0.2) is 12.4 Å². The molecule has 1 aromatic rings. The molecule has 5 aliphatic rings. The van der Waals surface area contributed by atoms with Crippen molar-refractivity contribution < 1.29 is 9.90 Å². The smallest absolute Gasteiger partial charge is 0.159 e. The Hall–Kier alpha value is -1.67. The zero-order valence-corrected chi connectivity index (χ0v) is 19.4. The number of nitrogens with zero attached hydrogens (tertiary/aromatic N) is 3. The maximum Gasteiger partial charge on any atom is 0.159 e. The second kappa shape index (κ2) is 7.69. The summed E-state index contributed by atoms with van der Waals surface area (Å²) in [7, 11) is 0. The van der Waals surface area contributed by atoms with Gasteiger partial charge in [0.05, 0.1) is 12.4 Å². The molecule has 32 heavy (non-hydrogen) atoms. The summed E-state index contributed by atoms with van der Waals surface area (Å²) in [5.41, 5.74) is -0.589. The standard InChI is InChI=1S/C27H37N3O2/c1-26-11-9-21-20-10-13-27(32,12-8-18-2-3-18)16-19(20)4-5-22(21)23(26)6-7-24(26)25(31)17-30-28-14-15-29-30/h14-15,18-24,32H,2-7,9-11,13,16-17H2,1H3. The van der Waals surface area contributed by atoms with Crippen LogP contribution in [0.1, 0.15) is 77.6 Å². The van der Waals surface area contributed by atoms with Gasteiger partial charge in [-0.25, -0.2) is 0 Å². The molecule has 6 rings (SSSR count). The Labute approximate surface area is 191 Å². The first-order valence-electron chi connectivity index (χ1n) is 13.1. The summed E-state index contributed by atoms with van der Waals surface area (Å²) in [6.45, 7) is 2.73. The van der Waals surface area contributed by atoms with Gasteiger partial charge in [0.2, 0.25) is 0 Å². The predicted octanol–water partition coefficient (Wildman–Crippen LogP) is 4.26. The molecule has 5 saturated carbocycles. The van der Waals surface area contributed by atoms with E-state index < -0.39 is 5.60 Å². The Balaban J connectivity index is 1.15. The first kappa shape index (κ1) is 20.9. The van der Waals surface area contributed by atoms with E-state index in [0.717, 1.165) is 43.4 Å². The Morgan fingerprint density at radius 3 is 2.56 bits per heavy atom. The number of fused-ring (bicyclic) bond motifs is 5. The molecule has 0 aromatic carbocycles. The Morgan fingerprint density at radius 2 is 1.78 bits per heavy atom. The minimum atomic E-state index is -0.731. The molecule has 0 radical (unpaired) electrons. The monoisotopic (exact) mass is 435 g/mol. The third-order valence-corrected chi connectivity index (χ3v) is 10.2. The molecule has 1 N–H and O–H groups in total. The highest BCUT2D eigenvalue weighted by Gasteiger charge is 2.59. The van der Waals surface area contributed by atoms with Gasteiger partial charge in [0.15, 0.2) is 5.78 Å². The van der Waals surface area contributed by atoms with Gasteiger partial charge in [0.25, 0.3) is 0 Å². The van der Waals surface area contributed by atoms with Crippen LogP contribution < -0.4 is 0 Å². The number of aromatic nitrogens is 3. The predicted molar refractivity (Wildman–Crippen MR) is 121 cm³/mol. The Kier molecular flexibility index (Phi) is 5.02. The number of carbonyl (C=O) groups is 1. The van der Waals surface area contributed by atoms with Gasteiger partial charge in [-0.3, -0.25) is 4.79 Å². The Morgan fingerprint density at radius 1 is 1.00 bits per heavy atom. The van der Waals surface area contributed by atoms with Crippen LogP contribution in [0.4, 0.5) is 0 Å². The van der Waals surface area contributed by atoms with E-state index in [9.17, 15) is 9.90 Å². The summed E-state index contributed by atoms with van der Waals surface area (Å²) in [5, 5.41) is 19.5. The van der Waals surface area contributed by atoms with Crippen LogP contribution in [0.25, 0.3) is 0 Å². The van der Waals surface area contributed by atoms with Crippen molar-refractivity contribution in [2.45, 2.75) is 89.7 Å². The average Bonchev–Trinajstić information content (AvgIpc) is 3.34. The molecule has 0 amide bonds. The van der Waals surface area contributed by atoms with E-state index in [-0.39, 0.29) is 11.3 Å². The van der Waals surface area contributed by atoms with Crippen LogP contribution in [0.3, 0.4) is 0 Å². The van der Waals surface area contributed by atoms with E-state index >= 15 is 0 Å². The lowest BCUT2D eigenvalue weighted by Crippen LogP contribution is -2.51. The summed E-state index contributed by atoms with van der Waals surface area (Å²) in [6, 6.07) is 0. The molecule has 8 atom stereocenters. The van der Waals surface area contributed by atoms with Gasteiger partial charge in [-0.2, -0.15) is 15.0 Å². The van der Waals surface area contributed by atoms with Crippen molar-refractivity contribution in [2.24, 2.45) is 46.8 Å². The van der Waals surface area contributed by atoms with E-state index in [1.54, 1.807) is 17.2 Å². The minimum Gasteiger partial charge on any atom is -0.378 e. The van der Waals surface area contributed by atoms with Crippen molar-refractivity contribution in [3.05, 3.63) is 12.4 Å². The van der Waals surface area contributed by atoms with Gasteiger partial charge in [0.1, 0.15) is 12.1 Å². The van der Waals surface area contributed by atoms with E-state index in [1.807, 2.05) is 0 Å². The van der Waals surface area contributed by atoms with Crippen molar-refractivity contribution in [2.75, 3.05) is 0 Å². The van der Waals surface area contributed by atoms with Crippen LogP contribution in [-0.2, 0) is 11.3 Å². The van der Waals surface area contributed by atoms with Crippen LogP contribution in [-0.4, -0.2) is 31.5 Å². The highest BCUT2D eigenvalue weighted by molar-refractivity contribution is 5.81. The quantitative estimate of drug-likeness (QED) is 0.721. The maximum absolute atomic E-state index is 13.2. The van der Waals surface area contributed by atoms with Crippen LogP contribution >= 0.6 is 0 Å². The fourth-order valence-corrected chi connectivity index (χ4v) is 8.56. The molecular weight excluding hydrogens is 398 g/mol. The van der Waals surface area contributed by atoms with Gasteiger partial charge < -0.3 is 5.11 Å². The number of hydrogen-bond donors (Lipinski definition) is 1. The molecule has 0 aliphatic heterocycles. The maximum atomic E-state index is 13.2. The van der Waals surface area contributed by atoms with E-state index in [1.165, 1.54) is 44.9 Å². The SMILES string of the molecule is CC12CCC3C4CCC(O)(C#CC5CC5)CC4CCC3C1CCC2C(=O)Cn1nccn1. The third-order valence-electron chi connectivity index (χ3n) is 10.2. The molecule has 5 fully saturated rings. The normalized spacial score (nSPS) is 45.2. The largest absolute Gasteiger partial charge is 0.378 e. The fourth-order valence-electron chi connectivity index (χ4n) is 8.56. The van der Waals surface area contributed by atoms with Crippen molar-refractivity contribution in [1.82, 2.24) is 15.0 Å². The highest BCUT2D eigenvalue weighted by atomic mass is 16.3. The zero-order chi connectivity index (χ0) is 21.9. The molecule has 5 aliphatic carbocycles. The van der Waals surface area contributed by atoms with Gasteiger partial charge in [0, 0.05) is 11.8 Å².